The number of carbonyl (C=O) groups is 1. The molecule has 0 unspecified atom stereocenters. The highest BCUT2D eigenvalue weighted by atomic mass is 16.3. The van der Waals surface area contributed by atoms with E-state index >= 15 is 0 Å². The third-order valence-corrected chi connectivity index (χ3v) is 6.51. The Morgan fingerprint density at radius 2 is 1.77 bits per heavy atom. The minimum Gasteiger partial charge on any atom is -0.395 e. The number of benzene rings is 1. The van der Waals surface area contributed by atoms with E-state index in [1.807, 2.05) is 35.2 Å². The van der Waals surface area contributed by atoms with E-state index in [4.69, 9.17) is 0 Å². The van der Waals surface area contributed by atoms with E-state index in [1.54, 1.807) is 36.9 Å². The molecule has 1 spiro atoms. The zero-order chi connectivity index (χ0) is 20.6. The molecule has 2 saturated heterocycles. The van der Waals surface area contributed by atoms with Crippen molar-refractivity contribution in [1.29, 1.82) is 0 Å². The lowest BCUT2D eigenvalue weighted by molar-refractivity contribution is -0.184. The van der Waals surface area contributed by atoms with Crippen molar-refractivity contribution >= 4 is 5.91 Å². The number of aliphatic hydroxyl groups is 1. The van der Waals surface area contributed by atoms with E-state index in [1.165, 1.54) is 5.56 Å². The molecule has 1 aromatic carbocycles. The number of aromatic nitrogens is 2. The Morgan fingerprint density at radius 3 is 2.43 bits per heavy atom. The van der Waals surface area contributed by atoms with Crippen LogP contribution < -0.4 is 0 Å². The van der Waals surface area contributed by atoms with Crippen molar-refractivity contribution < 1.29 is 9.90 Å². The van der Waals surface area contributed by atoms with Crippen molar-refractivity contribution in [3.05, 3.63) is 96.1 Å². The summed E-state index contributed by atoms with van der Waals surface area (Å²) in [7, 11) is 0. The lowest BCUT2D eigenvalue weighted by Crippen LogP contribution is -2.84. The van der Waals surface area contributed by atoms with Gasteiger partial charge in [0.15, 0.2) is 0 Å². The third kappa shape index (κ3) is 3.00. The predicted octanol–water partition coefficient (Wildman–Crippen LogP) is 2.33. The molecule has 6 nitrogen and oxygen atoms in total. The van der Waals surface area contributed by atoms with Gasteiger partial charge in [0.1, 0.15) is 0 Å². The molecule has 6 heteroatoms. The average molecular weight is 400 g/mol. The summed E-state index contributed by atoms with van der Waals surface area (Å²) in [5.74, 6) is 0.195. The molecule has 0 saturated carbocycles. The van der Waals surface area contributed by atoms with E-state index in [0.29, 0.717) is 18.7 Å². The van der Waals surface area contributed by atoms with Gasteiger partial charge in [0.25, 0.3) is 5.91 Å². The number of aliphatic hydroxyl groups excluding tert-OH is 1. The second-order valence-corrected chi connectivity index (χ2v) is 8.13. The van der Waals surface area contributed by atoms with Crippen LogP contribution in [0.3, 0.4) is 0 Å². The monoisotopic (exact) mass is 400 g/mol. The van der Waals surface area contributed by atoms with Crippen LogP contribution in [-0.4, -0.2) is 62.1 Å². The van der Waals surface area contributed by atoms with Crippen molar-refractivity contribution in [3.63, 3.8) is 0 Å². The molecule has 1 amide bonds. The highest BCUT2D eigenvalue weighted by Crippen LogP contribution is 2.54. The maximum absolute atomic E-state index is 12.9. The fraction of sp³-hybridized carbons (Fsp3) is 0.292. The summed E-state index contributed by atoms with van der Waals surface area (Å²) in [6, 6.07) is 18.0. The number of pyridine rings is 2. The number of amides is 1. The maximum atomic E-state index is 12.9. The van der Waals surface area contributed by atoms with Crippen LogP contribution in [0.2, 0.25) is 0 Å². The Balaban J connectivity index is 1.43. The molecule has 5 rings (SSSR count). The van der Waals surface area contributed by atoms with Gasteiger partial charge in [0.2, 0.25) is 0 Å². The molecule has 0 aliphatic carbocycles. The van der Waals surface area contributed by atoms with Crippen LogP contribution in [0.5, 0.6) is 0 Å². The van der Waals surface area contributed by atoms with Gasteiger partial charge in [-0.1, -0.05) is 30.3 Å². The largest absolute Gasteiger partial charge is 0.395 e. The van der Waals surface area contributed by atoms with Crippen molar-refractivity contribution in [3.8, 4) is 0 Å². The standard InChI is InChI=1S/C24H24N4O2/c29-15-21-22(19-5-2-1-3-6-19)24(28(21)14-18-8-11-25-12-9-18)16-27(17-24)23(30)20-7-4-10-26-13-20/h1-13,21-22,29H,14-17H2/t21-,22+/m0/s1. The lowest BCUT2D eigenvalue weighted by atomic mass is 9.60. The van der Waals surface area contributed by atoms with Gasteiger partial charge < -0.3 is 10.0 Å². The SMILES string of the molecule is O=C(c1cccnc1)N1CC2(C1)[C@H](c1ccccc1)[C@H](CO)N2Cc1ccncc1. The zero-order valence-electron chi connectivity index (χ0n) is 16.6. The summed E-state index contributed by atoms with van der Waals surface area (Å²) < 4.78 is 0. The first-order chi connectivity index (χ1) is 14.7. The van der Waals surface area contributed by atoms with E-state index in [-0.39, 0.29) is 30.0 Å². The lowest BCUT2D eigenvalue weighted by Gasteiger charge is -2.70. The molecule has 2 atom stereocenters. The Bertz CT molecular complexity index is 1010. The predicted molar refractivity (Wildman–Crippen MR) is 113 cm³/mol. The van der Waals surface area contributed by atoms with E-state index in [9.17, 15) is 9.90 Å². The second kappa shape index (κ2) is 7.63. The van der Waals surface area contributed by atoms with Crippen molar-refractivity contribution in [2.45, 2.75) is 24.0 Å². The van der Waals surface area contributed by atoms with Crippen molar-refractivity contribution in [1.82, 2.24) is 19.8 Å². The Hall–Kier alpha value is -3.09. The molecule has 2 aliphatic rings. The third-order valence-electron chi connectivity index (χ3n) is 6.51. The number of hydrogen-bond acceptors (Lipinski definition) is 5. The van der Waals surface area contributed by atoms with Gasteiger partial charge in [-0.05, 0) is 35.4 Å². The number of hydrogen-bond donors (Lipinski definition) is 1. The first-order valence-electron chi connectivity index (χ1n) is 10.2. The number of rotatable bonds is 5. The minimum absolute atomic E-state index is 0.0110. The van der Waals surface area contributed by atoms with Crippen LogP contribution in [-0.2, 0) is 6.54 Å². The Morgan fingerprint density at radius 1 is 1.00 bits per heavy atom. The smallest absolute Gasteiger partial charge is 0.255 e. The van der Waals surface area contributed by atoms with E-state index in [0.717, 1.165) is 12.1 Å². The maximum Gasteiger partial charge on any atom is 0.255 e. The molecule has 0 radical (unpaired) electrons. The first-order valence-corrected chi connectivity index (χ1v) is 10.2. The van der Waals surface area contributed by atoms with Crippen LogP contribution in [0.4, 0.5) is 0 Å². The summed E-state index contributed by atoms with van der Waals surface area (Å²) in [4.78, 5) is 25.4. The number of nitrogens with zero attached hydrogens (tertiary/aromatic N) is 4. The summed E-state index contributed by atoms with van der Waals surface area (Å²) in [5.41, 5.74) is 2.82. The van der Waals surface area contributed by atoms with Crippen LogP contribution in [0.1, 0.15) is 27.4 Å². The van der Waals surface area contributed by atoms with Crippen LogP contribution in [0, 0.1) is 0 Å². The highest BCUT2D eigenvalue weighted by molar-refractivity contribution is 5.94. The van der Waals surface area contributed by atoms with Gasteiger partial charge in [0.05, 0.1) is 17.7 Å². The van der Waals surface area contributed by atoms with Gasteiger partial charge in [-0.25, -0.2) is 0 Å². The molecule has 3 aromatic rings. The first kappa shape index (κ1) is 18.9. The average Bonchev–Trinajstić information content (AvgIpc) is 2.77. The van der Waals surface area contributed by atoms with Crippen molar-refractivity contribution in [2.75, 3.05) is 19.7 Å². The molecule has 2 aliphatic heterocycles. The fourth-order valence-electron chi connectivity index (χ4n) is 5.13. The molecule has 4 heterocycles. The molecule has 2 fully saturated rings. The quantitative estimate of drug-likeness (QED) is 0.712. The van der Waals surface area contributed by atoms with Crippen LogP contribution in [0.25, 0.3) is 0 Å². The summed E-state index contributed by atoms with van der Waals surface area (Å²) in [5, 5.41) is 10.2. The number of carbonyl (C=O) groups excluding carboxylic acids is 1. The van der Waals surface area contributed by atoms with Gasteiger partial charge in [-0.3, -0.25) is 19.7 Å². The molecule has 2 aromatic heterocycles. The minimum atomic E-state index is -0.171. The molecule has 152 valence electrons. The summed E-state index contributed by atoms with van der Waals surface area (Å²) >= 11 is 0. The molecule has 30 heavy (non-hydrogen) atoms. The van der Waals surface area contributed by atoms with Gasteiger partial charge in [-0.15, -0.1) is 0 Å². The van der Waals surface area contributed by atoms with E-state index in [2.05, 4.69) is 27.0 Å². The molecule has 0 bridgehead atoms. The van der Waals surface area contributed by atoms with Crippen LogP contribution >= 0.6 is 0 Å². The second-order valence-electron chi connectivity index (χ2n) is 8.13. The summed E-state index contributed by atoms with van der Waals surface area (Å²) in [6.07, 6.45) is 6.88. The fourth-order valence-corrected chi connectivity index (χ4v) is 5.13. The van der Waals surface area contributed by atoms with E-state index < -0.39 is 0 Å². The van der Waals surface area contributed by atoms with Gasteiger partial charge >= 0.3 is 0 Å². The number of likely N-dealkylation sites (tertiary alicyclic amines) is 2. The zero-order valence-corrected chi connectivity index (χ0v) is 16.6. The molecular formula is C24H24N4O2. The van der Waals surface area contributed by atoms with Crippen LogP contribution in [0.15, 0.2) is 79.4 Å². The molecule has 1 N–H and O–H groups in total. The topological polar surface area (TPSA) is 69.6 Å². The highest BCUT2D eigenvalue weighted by Gasteiger charge is 2.66. The van der Waals surface area contributed by atoms with Gasteiger partial charge in [0, 0.05) is 56.4 Å². The Labute approximate surface area is 175 Å². The van der Waals surface area contributed by atoms with Crippen molar-refractivity contribution in [2.24, 2.45) is 0 Å². The Kier molecular flexibility index (Phi) is 4.81. The summed E-state index contributed by atoms with van der Waals surface area (Å²) in [6.45, 7) is 2.10. The normalized spacial score (nSPS) is 22.4. The van der Waals surface area contributed by atoms with Gasteiger partial charge in [-0.2, -0.15) is 0 Å². The molecular weight excluding hydrogens is 376 g/mol.